The molecule has 1 aromatic rings. The van der Waals surface area contributed by atoms with Crippen LogP contribution in [0.4, 0.5) is 0 Å². The van der Waals surface area contributed by atoms with Gasteiger partial charge in [0, 0.05) is 11.5 Å². The van der Waals surface area contributed by atoms with Gasteiger partial charge in [-0.15, -0.1) is 0 Å². The fourth-order valence-electron chi connectivity index (χ4n) is 3.55. The van der Waals surface area contributed by atoms with Crippen molar-refractivity contribution in [1.82, 2.24) is 0 Å². The zero-order chi connectivity index (χ0) is 18.2. The summed E-state index contributed by atoms with van der Waals surface area (Å²) in [6.07, 6.45) is 4.57. The normalized spacial score (nSPS) is 19.0. The van der Waals surface area contributed by atoms with Gasteiger partial charge >= 0.3 is 5.97 Å². The number of hydrogen-bond donors (Lipinski definition) is 1. The van der Waals surface area contributed by atoms with Gasteiger partial charge in [-0.3, -0.25) is 0 Å². The molecular formula is C21H30O4. The molecule has 0 amide bonds. The third-order valence-corrected chi connectivity index (χ3v) is 5.25. The molecule has 2 rings (SSSR count). The highest BCUT2D eigenvalue weighted by molar-refractivity contribution is 5.88. The highest BCUT2D eigenvalue weighted by atomic mass is 16.5. The maximum absolute atomic E-state index is 11.8. The third-order valence-electron chi connectivity index (χ3n) is 5.25. The molecule has 4 nitrogen and oxygen atoms in total. The van der Waals surface area contributed by atoms with Gasteiger partial charge in [0.05, 0.1) is 25.9 Å². The highest BCUT2D eigenvalue weighted by Crippen LogP contribution is 2.33. The van der Waals surface area contributed by atoms with E-state index in [9.17, 15) is 9.90 Å². The number of hydrogen-bond acceptors (Lipinski definition) is 4. The molecule has 0 aliphatic heterocycles. The van der Waals surface area contributed by atoms with E-state index >= 15 is 0 Å². The second-order valence-corrected chi connectivity index (χ2v) is 6.96. The van der Waals surface area contributed by atoms with Crippen molar-refractivity contribution in [3.8, 4) is 0 Å². The summed E-state index contributed by atoms with van der Waals surface area (Å²) >= 11 is 0. The zero-order valence-electron chi connectivity index (χ0n) is 15.3. The van der Waals surface area contributed by atoms with Gasteiger partial charge in [0.1, 0.15) is 0 Å². The highest BCUT2D eigenvalue weighted by Gasteiger charge is 2.35. The summed E-state index contributed by atoms with van der Waals surface area (Å²) in [5.41, 5.74) is 1.37. The van der Waals surface area contributed by atoms with Crippen LogP contribution in [0.1, 0.15) is 44.6 Å². The van der Waals surface area contributed by atoms with Crippen LogP contribution in [0.15, 0.2) is 42.5 Å². The predicted molar refractivity (Wildman–Crippen MR) is 97.9 cm³/mol. The van der Waals surface area contributed by atoms with Gasteiger partial charge in [0.25, 0.3) is 0 Å². The molecular weight excluding hydrogens is 316 g/mol. The van der Waals surface area contributed by atoms with E-state index in [1.165, 1.54) is 13.5 Å². The van der Waals surface area contributed by atoms with Crippen molar-refractivity contribution in [2.45, 2.75) is 57.8 Å². The zero-order valence-corrected chi connectivity index (χ0v) is 15.3. The Bertz CT molecular complexity index is 548. The first-order valence-electron chi connectivity index (χ1n) is 9.15. The molecule has 0 heterocycles. The molecule has 1 N–H and O–H groups in total. The Hall–Kier alpha value is -1.65. The summed E-state index contributed by atoms with van der Waals surface area (Å²) < 4.78 is 10.9. The Labute approximate surface area is 150 Å². The van der Waals surface area contributed by atoms with Crippen LogP contribution in [0.3, 0.4) is 0 Å². The SMILES string of the molecule is C=C(C(=O)OC)[C@H](C)[C@H](O)[C@H](OCc1ccccc1)C1CCCCC1. The summed E-state index contributed by atoms with van der Waals surface area (Å²) in [4.78, 5) is 11.8. The first-order valence-corrected chi connectivity index (χ1v) is 9.15. The standard InChI is InChI=1S/C21H30O4/c1-15(16(2)21(23)24-3)19(22)20(18-12-8-5-9-13-18)25-14-17-10-6-4-7-11-17/h4,6-7,10-11,15,18-20,22H,2,5,8-9,12-14H2,1,3H3/t15-,19-,20+/m0/s1. The maximum atomic E-state index is 11.8. The fraction of sp³-hybridized carbons (Fsp3) is 0.571. The Morgan fingerprint density at radius 3 is 2.48 bits per heavy atom. The Morgan fingerprint density at radius 1 is 1.24 bits per heavy atom. The quantitative estimate of drug-likeness (QED) is 0.573. The van der Waals surface area contributed by atoms with Crippen LogP contribution in [0.2, 0.25) is 0 Å². The number of ether oxygens (including phenoxy) is 2. The fourth-order valence-corrected chi connectivity index (χ4v) is 3.55. The second-order valence-electron chi connectivity index (χ2n) is 6.96. The maximum Gasteiger partial charge on any atom is 0.333 e. The van der Waals surface area contributed by atoms with Crippen LogP contribution < -0.4 is 0 Å². The third kappa shape index (κ3) is 5.41. The van der Waals surface area contributed by atoms with Gasteiger partial charge in [-0.1, -0.05) is 63.1 Å². The molecule has 1 aliphatic carbocycles. The van der Waals surface area contributed by atoms with E-state index in [4.69, 9.17) is 9.47 Å². The summed E-state index contributed by atoms with van der Waals surface area (Å²) in [7, 11) is 1.33. The lowest BCUT2D eigenvalue weighted by atomic mass is 9.79. The smallest absolute Gasteiger partial charge is 0.333 e. The second kappa shape index (κ2) is 9.73. The summed E-state index contributed by atoms with van der Waals surface area (Å²) in [5.74, 6) is -0.576. The Balaban J connectivity index is 2.09. The minimum atomic E-state index is -0.779. The first kappa shape index (κ1) is 19.7. The average Bonchev–Trinajstić information content (AvgIpc) is 2.67. The molecule has 3 atom stereocenters. The van der Waals surface area contributed by atoms with Crippen LogP contribution in [-0.2, 0) is 20.9 Å². The van der Waals surface area contributed by atoms with E-state index in [0.29, 0.717) is 18.1 Å². The Kier molecular flexibility index (Phi) is 7.66. The molecule has 0 radical (unpaired) electrons. The molecule has 1 fully saturated rings. The molecule has 0 aromatic heterocycles. The van der Waals surface area contributed by atoms with Gasteiger partial charge in [-0.05, 0) is 24.3 Å². The molecule has 138 valence electrons. The number of carbonyl (C=O) groups is 1. The molecule has 1 saturated carbocycles. The van der Waals surface area contributed by atoms with E-state index < -0.39 is 18.0 Å². The van der Waals surface area contributed by atoms with Crippen molar-refractivity contribution >= 4 is 5.97 Å². The summed E-state index contributed by atoms with van der Waals surface area (Å²) in [6.45, 7) is 6.07. The summed E-state index contributed by atoms with van der Waals surface area (Å²) in [6, 6.07) is 9.96. The number of aliphatic hydroxyl groups is 1. The topological polar surface area (TPSA) is 55.8 Å². The van der Waals surface area contributed by atoms with Crippen molar-refractivity contribution < 1.29 is 19.4 Å². The van der Waals surface area contributed by atoms with Gasteiger partial charge in [0.15, 0.2) is 0 Å². The van der Waals surface area contributed by atoms with Crippen LogP contribution in [0.5, 0.6) is 0 Å². The number of aliphatic hydroxyl groups excluding tert-OH is 1. The molecule has 0 bridgehead atoms. The molecule has 1 aliphatic rings. The van der Waals surface area contributed by atoms with E-state index in [2.05, 4.69) is 6.58 Å². The van der Waals surface area contributed by atoms with Crippen LogP contribution in [0.25, 0.3) is 0 Å². The molecule has 0 saturated heterocycles. The lowest BCUT2D eigenvalue weighted by molar-refractivity contribution is -0.138. The minimum absolute atomic E-state index is 0.291. The molecule has 0 spiro atoms. The number of benzene rings is 1. The van der Waals surface area contributed by atoms with Gasteiger partial charge < -0.3 is 14.6 Å². The lowest BCUT2D eigenvalue weighted by Crippen LogP contribution is -2.42. The van der Waals surface area contributed by atoms with E-state index in [1.54, 1.807) is 0 Å². The molecule has 1 aromatic carbocycles. The number of rotatable bonds is 8. The summed E-state index contributed by atoms with van der Waals surface area (Å²) in [5, 5.41) is 10.9. The number of esters is 1. The average molecular weight is 346 g/mol. The van der Waals surface area contributed by atoms with Gasteiger partial charge in [0.2, 0.25) is 0 Å². The van der Waals surface area contributed by atoms with Crippen molar-refractivity contribution in [3.63, 3.8) is 0 Å². The van der Waals surface area contributed by atoms with Crippen LogP contribution in [-0.4, -0.2) is 30.4 Å². The van der Waals surface area contributed by atoms with Crippen molar-refractivity contribution in [2.24, 2.45) is 11.8 Å². The van der Waals surface area contributed by atoms with Crippen molar-refractivity contribution in [2.75, 3.05) is 7.11 Å². The first-order chi connectivity index (χ1) is 12.0. The van der Waals surface area contributed by atoms with E-state index in [1.807, 2.05) is 37.3 Å². The number of methoxy groups -OCH3 is 1. The number of carbonyl (C=O) groups excluding carboxylic acids is 1. The predicted octanol–water partition coefficient (Wildman–Crippen LogP) is 3.88. The van der Waals surface area contributed by atoms with Gasteiger partial charge in [-0.25, -0.2) is 4.79 Å². The van der Waals surface area contributed by atoms with Crippen molar-refractivity contribution in [1.29, 1.82) is 0 Å². The monoisotopic (exact) mass is 346 g/mol. The van der Waals surface area contributed by atoms with Gasteiger partial charge in [-0.2, -0.15) is 0 Å². The largest absolute Gasteiger partial charge is 0.466 e. The molecule has 25 heavy (non-hydrogen) atoms. The lowest BCUT2D eigenvalue weighted by Gasteiger charge is -2.36. The van der Waals surface area contributed by atoms with Crippen LogP contribution in [0, 0.1) is 11.8 Å². The minimum Gasteiger partial charge on any atom is -0.466 e. The molecule has 0 unspecified atom stereocenters. The molecule has 4 heteroatoms. The van der Waals surface area contributed by atoms with Crippen LogP contribution >= 0.6 is 0 Å². The van der Waals surface area contributed by atoms with E-state index in [-0.39, 0.29) is 6.10 Å². The Morgan fingerprint density at radius 2 is 1.88 bits per heavy atom. The van der Waals surface area contributed by atoms with Crippen molar-refractivity contribution in [3.05, 3.63) is 48.0 Å². The van der Waals surface area contributed by atoms with E-state index in [0.717, 1.165) is 31.2 Å².